The van der Waals surface area contributed by atoms with Crippen LogP contribution in [0.25, 0.3) is 21.7 Å². The summed E-state index contributed by atoms with van der Waals surface area (Å²) in [6.07, 6.45) is 1.84. The van der Waals surface area contributed by atoms with Gasteiger partial charge in [-0.2, -0.15) is 0 Å². The SMILES string of the molecule is CCC[C@@](NC(=O)c1cn(Cc2ccccc2)c2ccccc12)(C(=O)O)C(=O)N[C@H](CC(N)=O)Cc1ccc2ccccc2c1. The van der Waals surface area contributed by atoms with Crippen LogP contribution in [0.3, 0.4) is 0 Å². The smallest absolute Gasteiger partial charge is 0.339 e. The molecular weight excluding hydrogens is 568 g/mol. The van der Waals surface area contributed by atoms with Crippen molar-refractivity contribution in [2.24, 2.45) is 5.73 Å². The number of para-hydroxylation sites is 1. The summed E-state index contributed by atoms with van der Waals surface area (Å²) in [5.74, 6) is -3.74. The molecule has 2 atom stereocenters. The molecule has 0 bridgehead atoms. The van der Waals surface area contributed by atoms with Gasteiger partial charge < -0.3 is 26.0 Å². The Kier molecular flexibility index (Phi) is 9.28. The number of nitrogens with zero attached hydrogens (tertiary/aromatic N) is 1. The number of primary amides is 1. The van der Waals surface area contributed by atoms with Crippen LogP contribution in [0.2, 0.25) is 0 Å². The fourth-order valence-electron chi connectivity index (χ4n) is 5.84. The second-order valence-electron chi connectivity index (χ2n) is 11.3. The first-order chi connectivity index (χ1) is 21.7. The van der Waals surface area contributed by atoms with Crippen LogP contribution in [-0.4, -0.2) is 44.9 Å². The summed E-state index contributed by atoms with van der Waals surface area (Å²) >= 11 is 0. The van der Waals surface area contributed by atoms with E-state index in [-0.39, 0.29) is 24.8 Å². The maximum atomic E-state index is 13.9. The van der Waals surface area contributed by atoms with Gasteiger partial charge in [0.1, 0.15) is 0 Å². The average molecular weight is 605 g/mol. The van der Waals surface area contributed by atoms with Gasteiger partial charge in [0.05, 0.1) is 5.56 Å². The Morgan fingerprint density at radius 3 is 2.27 bits per heavy atom. The van der Waals surface area contributed by atoms with Crippen LogP contribution in [0.4, 0.5) is 0 Å². The van der Waals surface area contributed by atoms with Crippen LogP contribution in [0.5, 0.6) is 0 Å². The van der Waals surface area contributed by atoms with Crippen molar-refractivity contribution in [1.82, 2.24) is 15.2 Å². The summed E-state index contributed by atoms with van der Waals surface area (Å²) in [6, 6.07) is 29.9. The zero-order valence-electron chi connectivity index (χ0n) is 25.0. The van der Waals surface area contributed by atoms with E-state index < -0.39 is 35.3 Å². The maximum absolute atomic E-state index is 13.9. The van der Waals surface area contributed by atoms with Gasteiger partial charge in [-0.3, -0.25) is 14.4 Å². The number of benzene rings is 4. The minimum absolute atomic E-state index is 0.165. The summed E-state index contributed by atoms with van der Waals surface area (Å²) in [7, 11) is 0. The lowest BCUT2D eigenvalue weighted by Crippen LogP contribution is -2.65. The van der Waals surface area contributed by atoms with Gasteiger partial charge in [-0.25, -0.2) is 4.79 Å². The fourth-order valence-corrected chi connectivity index (χ4v) is 5.84. The molecule has 0 spiro atoms. The van der Waals surface area contributed by atoms with Crippen molar-refractivity contribution in [3.63, 3.8) is 0 Å². The van der Waals surface area contributed by atoms with Crippen molar-refractivity contribution in [1.29, 1.82) is 0 Å². The molecule has 5 N–H and O–H groups in total. The number of rotatable bonds is 13. The van der Waals surface area contributed by atoms with Crippen LogP contribution in [-0.2, 0) is 27.3 Å². The van der Waals surface area contributed by atoms with Gasteiger partial charge in [-0.1, -0.05) is 104 Å². The molecular formula is C36H36N4O5. The lowest BCUT2D eigenvalue weighted by Gasteiger charge is -2.31. The van der Waals surface area contributed by atoms with Gasteiger partial charge >= 0.3 is 5.97 Å². The van der Waals surface area contributed by atoms with Crippen LogP contribution in [0.1, 0.15) is 47.7 Å². The third-order valence-electron chi connectivity index (χ3n) is 8.01. The lowest BCUT2D eigenvalue weighted by atomic mass is 9.90. The van der Waals surface area contributed by atoms with Crippen molar-refractivity contribution >= 4 is 45.4 Å². The average Bonchev–Trinajstić information content (AvgIpc) is 3.39. The molecule has 5 aromatic rings. The maximum Gasteiger partial charge on any atom is 0.339 e. The number of aliphatic carboxylic acids is 1. The molecule has 5 rings (SSSR count). The second-order valence-corrected chi connectivity index (χ2v) is 11.3. The van der Waals surface area contributed by atoms with Gasteiger partial charge in [0.2, 0.25) is 11.4 Å². The Hall–Kier alpha value is -5.44. The van der Waals surface area contributed by atoms with E-state index in [2.05, 4.69) is 10.6 Å². The number of aromatic nitrogens is 1. The van der Waals surface area contributed by atoms with Gasteiger partial charge in [0.25, 0.3) is 11.8 Å². The number of nitrogens with two attached hydrogens (primary N) is 1. The van der Waals surface area contributed by atoms with Gasteiger partial charge in [-0.05, 0) is 40.8 Å². The predicted octanol–water partition coefficient (Wildman–Crippen LogP) is 4.80. The number of hydrogen-bond acceptors (Lipinski definition) is 4. The van der Waals surface area contributed by atoms with Crippen molar-refractivity contribution in [3.8, 4) is 0 Å². The van der Waals surface area contributed by atoms with E-state index in [1.165, 1.54) is 0 Å². The number of fused-ring (bicyclic) bond motifs is 2. The first-order valence-corrected chi connectivity index (χ1v) is 14.9. The molecule has 0 unspecified atom stereocenters. The second kappa shape index (κ2) is 13.5. The molecule has 9 heteroatoms. The summed E-state index contributed by atoms with van der Waals surface area (Å²) in [6.45, 7) is 2.23. The van der Waals surface area contributed by atoms with Gasteiger partial charge in [-0.15, -0.1) is 0 Å². The molecule has 0 aliphatic carbocycles. The van der Waals surface area contributed by atoms with E-state index in [0.717, 1.165) is 27.4 Å². The van der Waals surface area contributed by atoms with Crippen LogP contribution in [0.15, 0.2) is 103 Å². The summed E-state index contributed by atoms with van der Waals surface area (Å²) < 4.78 is 1.92. The molecule has 3 amide bonds. The van der Waals surface area contributed by atoms with E-state index in [1.807, 2.05) is 89.5 Å². The standard InChI is InChI=1S/C36H36N4O5/c1-2-18-36(35(44)45,34(43)38-28(21-32(37)41)20-25-16-17-26-12-6-7-13-27(26)19-25)39-33(42)30-23-40(22-24-10-4-3-5-11-24)31-15-9-8-14-29(30)31/h3-17,19,23,28H,2,18,20-22H2,1H3,(H2,37,41)(H,38,43)(H,39,42)(H,44,45)/t28-,36-/m0/s1. The Bertz CT molecular complexity index is 1870. The fraction of sp³-hybridized carbons (Fsp3) is 0.222. The van der Waals surface area contributed by atoms with Crippen molar-refractivity contribution in [2.45, 2.75) is 50.7 Å². The van der Waals surface area contributed by atoms with Crippen molar-refractivity contribution in [2.75, 3.05) is 0 Å². The molecule has 0 fully saturated rings. The minimum Gasteiger partial charge on any atom is -0.479 e. The highest BCUT2D eigenvalue weighted by molar-refractivity contribution is 6.14. The molecule has 0 aliphatic heterocycles. The minimum atomic E-state index is -2.28. The van der Waals surface area contributed by atoms with E-state index >= 15 is 0 Å². The third kappa shape index (κ3) is 6.88. The first-order valence-electron chi connectivity index (χ1n) is 14.9. The number of hydrogen-bond donors (Lipinski definition) is 4. The number of nitrogens with one attached hydrogen (secondary N) is 2. The van der Waals surface area contributed by atoms with Crippen LogP contribution >= 0.6 is 0 Å². The number of carbonyl (C=O) groups excluding carboxylic acids is 3. The van der Waals surface area contributed by atoms with E-state index in [1.54, 1.807) is 25.3 Å². The van der Waals surface area contributed by atoms with E-state index in [4.69, 9.17) is 5.73 Å². The molecule has 0 aliphatic rings. The Morgan fingerprint density at radius 1 is 0.867 bits per heavy atom. The van der Waals surface area contributed by atoms with E-state index in [9.17, 15) is 24.3 Å². The van der Waals surface area contributed by atoms with Crippen molar-refractivity contribution < 1.29 is 24.3 Å². The molecule has 45 heavy (non-hydrogen) atoms. The quantitative estimate of drug-likeness (QED) is 0.143. The van der Waals surface area contributed by atoms with Gasteiger partial charge in [0.15, 0.2) is 0 Å². The Labute approximate surface area is 261 Å². The monoisotopic (exact) mass is 604 g/mol. The number of carboxylic acid groups (broad SMARTS) is 1. The zero-order valence-corrected chi connectivity index (χ0v) is 25.0. The predicted molar refractivity (Wildman–Crippen MR) is 174 cm³/mol. The topological polar surface area (TPSA) is 144 Å². The summed E-state index contributed by atoms with van der Waals surface area (Å²) in [5.41, 5.74) is 6.16. The molecule has 0 saturated carbocycles. The molecule has 0 radical (unpaired) electrons. The van der Waals surface area contributed by atoms with Crippen LogP contribution in [0, 0.1) is 0 Å². The third-order valence-corrected chi connectivity index (χ3v) is 8.01. The summed E-state index contributed by atoms with van der Waals surface area (Å²) in [5, 5.41) is 18.4. The zero-order chi connectivity index (χ0) is 32.0. The van der Waals surface area contributed by atoms with Crippen LogP contribution < -0.4 is 16.4 Å². The first kappa shape index (κ1) is 31.0. The number of carboxylic acids is 1. The highest BCUT2D eigenvalue weighted by atomic mass is 16.4. The Balaban J connectivity index is 1.43. The number of carbonyl (C=O) groups is 4. The lowest BCUT2D eigenvalue weighted by molar-refractivity contribution is -0.151. The molecule has 4 aromatic carbocycles. The number of amides is 3. The molecule has 1 aromatic heterocycles. The van der Waals surface area contributed by atoms with Crippen molar-refractivity contribution in [3.05, 3.63) is 120 Å². The molecule has 9 nitrogen and oxygen atoms in total. The molecule has 0 saturated heterocycles. The molecule has 230 valence electrons. The largest absolute Gasteiger partial charge is 0.479 e. The van der Waals surface area contributed by atoms with Gasteiger partial charge in [0, 0.05) is 36.1 Å². The Morgan fingerprint density at radius 2 is 1.56 bits per heavy atom. The molecule has 1 heterocycles. The van der Waals surface area contributed by atoms with E-state index in [0.29, 0.717) is 18.4 Å². The highest BCUT2D eigenvalue weighted by Gasteiger charge is 2.48. The normalized spacial score (nSPS) is 13.2. The summed E-state index contributed by atoms with van der Waals surface area (Å²) in [4.78, 5) is 52.6. The highest BCUT2D eigenvalue weighted by Crippen LogP contribution is 2.25.